The van der Waals surface area contributed by atoms with E-state index in [1.807, 2.05) is 185 Å². The molecular weight excluding hydrogens is 847 g/mol. The van der Waals surface area contributed by atoms with Crippen molar-refractivity contribution in [1.82, 2.24) is 25.8 Å². The van der Waals surface area contributed by atoms with E-state index in [2.05, 4.69) is 16.0 Å². The predicted molar refractivity (Wildman–Crippen MR) is 262 cm³/mol. The Hall–Kier alpha value is -7.48. The summed E-state index contributed by atoms with van der Waals surface area (Å²) < 4.78 is 17.0. The summed E-state index contributed by atoms with van der Waals surface area (Å²) in [6.07, 6.45) is -1.15. The molecule has 0 aromatic heterocycles. The lowest BCUT2D eigenvalue weighted by molar-refractivity contribution is -0.129. The number of benzene rings is 5. The predicted octanol–water partition coefficient (Wildman–Crippen LogP) is 7.80. The Kier molecular flexibility index (Phi) is 19.5. The number of rotatable bonds is 19. The molecule has 5 aromatic carbocycles. The van der Waals surface area contributed by atoms with Gasteiger partial charge in [0.1, 0.15) is 31.6 Å². The molecule has 0 fully saturated rings. The Morgan fingerprint density at radius 3 is 1.51 bits per heavy atom. The number of aryl methyl sites for hydroxylation is 2. The van der Waals surface area contributed by atoms with Crippen molar-refractivity contribution in [3.8, 4) is 5.75 Å². The zero-order valence-electron chi connectivity index (χ0n) is 39.5. The number of nitrogens with zero attached hydrogens (tertiary/aromatic N) is 4. The minimum absolute atomic E-state index is 0.00130. The van der Waals surface area contributed by atoms with Gasteiger partial charge in [-0.3, -0.25) is 20.2 Å². The number of ketones is 1. The molecule has 3 atom stereocenters. The molecule has 0 aliphatic carbocycles. The van der Waals surface area contributed by atoms with E-state index in [-0.39, 0.29) is 43.8 Å². The van der Waals surface area contributed by atoms with Crippen LogP contribution in [0.1, 0.15) is 52.3 Å². The van der Waals surface area contributed by atoms with Crippen molar-refractivity contribution < 1.29 is 33.4 Å². The quantitative estimate of drug-likeness (QED) is 0.0554. The number of guanidine groups is 2. The van der Waals surface area contributed by atoms with Crippen molar-refractivity contribution in [2.24, 2.45) is 15.9 Å². The van der Waals surface area contributed by atoms with E-state index in [1.165, 1.54) is 0 Å². The van der Waals surface area contributed by atoms with Gasteiger partial charge >= 0.3 is 12.2 Å². The van der Waals surface area contributed by atoms with Gasteiger partial charge in [0.2, 0.25) is 11.9 Å². The Balaban J connectivity index is 1.32. The molecule has 14 heteroatoms. The lowest BCUT2D eigenvalue weighted by Gasteiger charge is -2.26. The van der Waals surface area contributed by atoms with Gasteiger partial charge in [-0.15, -0.1) is 0 Å². The first-order valence-corrected chi connectivity index (χ1v) is 22.3. The highest BCUT2D eigenvalue weighted by atomic mass is 16.6. The molecule has 0 aliphatic heterocycles. The second kappa shape index (κ2) is 25.9. The van der Waals surface area contributed by atoms with Gasteiger partial charge in [0.15, 0.2) is 11.7 Å². The number of hydrogen-bond acceptors (Lipinski definition) is 9. The third kappa shape index (κ3) is 17.1. The van der Waals surface area contributed by atoms with Crippen LogP contribution in [0.3, 0.4) is 0 Å². The first-order valence-electron chi connectivity index (χ1n) is 22.3. The van der Waals surface area contributed by atoms with Gasteiger partial charge in [-0.1, -0.05) is 128 Å². The number of carbonyl (C=O) groups is 4. The van der Waals surface area contributed by atoms with Crippen LogP contribution in [0.25, 0.3) is 0 Å². The lowest BCUT2D eigenvalue weighted by Crippen LogP contribution is -2.46. The molecule has 3 N–H and O–H groups in total. The number of Topliss-reactive ketones (excluding diaryl/α,β-unsaturated/α-hetero) is 1. The highest BCUT2D eigenvalue weighted by Crippen LogP contribution is 2.26. The molecule has 67 heavy (non-hydrogen) atoms. The average molecular weight is 910 g/mol. The number of carbonyl (C=O) groups excluding carboxylic acids is 4. The first kappa shape index (κ1) is 50.5. The van der Waals surface area contributed by atoms with Crippen molar-refractivity contribution in [1.29, 1.82) is 0 Å². The zero-order valence-corrected chi connectivity index (χ0v) is 39.5. The second-order valence-corrected chi connectivity index (χ2v) is 16.8. The van der Waals surface area contributed by atoms with Crippen molar-refractivity contribution in [2.75, 3.05) is 34.7 Å². The molecule has 0 spiro atoms. The van der Waals surface area contributed by atoms with Gasteiger partial charge in [0, 0.05) is 53.5 Å². The molecule has 14 nitrogen and oxygen atoms in total. The summed E-state index contributed by atoms with van der Waals surface area (Å²) in [7, 11) is 7.49. The third-order valence-electron chi connectivity index (χ3n) is 10.7. The van der Waals surface area contributed by atoms with E-state index < -0.39 is 30.2 Å². The Labute approximate surface area is 394 Å². The van der Waals surface area contributed by atoms with Gasteiger partial charge in [-0.2, -0.15) is 0 Å². The molecule has 0 saturated carbocycles. The van der Waals surface area contributed by atoms with Crippen LogP contribution in [0.4, 0.5) is 9.59 Å². The Bertz CT molecular complexity index is 2340. The van der Waals surface area contributed by atoms with Gasteiger partial charge < -0.3 is 29.3 Å². The average Bonchev–Trinajstić information content (AvgIpc) is 3.31. The molecular formula is C53H63N7O7. The fourth-order valence-electron chi connectivity index (χ4n) is 7.26. The minimum Gasteiger partial charge on any atom is -0.489 e. The normalized spacial score (nSPS) is 12.0. The summed E-state index contributed by atoms with van der Waals surface area (Å²) in [6, 6.07) is 40.2. The van der Waals surface area contributed by atoms with Gasteiger partial charge in [-0.05, 0) is 71.3 Å². The molecule has 5 aromatic rings. The second-order valence-electron chi connectivity index (χ2n) is 16.8. The maximum absolute atomic E-state index is 14.3. The summed E-state index contributed by atoms with van der Waals surface area (Å²) in [5.74, 6) is -0.175. The Morgan fingerprint density at radius 2 is 1.04 bits per heavy atom. The van der Waals surface area contributed by atoms with Crippen LogP contribution < -0.4 is 20.7 Å². The number of alkyl carbamates (subject to hydrolysis) is 2. The van der Waals surface area contributed by atoms with Crippen LogP contribution in [0.5, 0.6) is 5.75 Å². The number of aliphatic imine (C=N–C) groups is 2. The number of ether oxygens (including phenoxy) is 3. The van der Waals surface area contributed by atoms with Crippen LogP contribution >= 0.6 is 0 Å². The summed E-state index contributed by atoms with van der Waals surface area (Å²) >= 11 is 0. The molecule has 3 amide bonds. The molecule has 0 saturated heterocycles. The van der Waals surface area contributed by atoms with Crippen molar-refractivity contribution >= 4 is 35.8 Å². The molecule has 0 unspecified atom stereocenters. The minimum atomic E-state index is -0.859. The van der Waals surface area contributed by atoms with Crippen LogP contribution in [-0.4, -0.2) is 92.4 Å². The van der Waals surface area contributed by atoms with Crippen LogP contribution in [0.15, 0.2) is 143 Å². The molecule has 352 valence electrons. The monoisotopic (exact) mass is 909 g/mol. The maximum Gasteiger partial charge on any atom is 0.414 e. The maximum atomic E-state index is 14.3. The van der Waals surface area contributed by atoms with Crippen LogP contribution in [-0.2, 0) is 51.7 Å². The van der Waals surface area contributed by atoms with E-state index >= 15 is 0 Å². The first-order chi connectivity index (χ1) is 32.2. The molecule has 0 heterocycles. The molecule has 0 radical (unpaired) electrons. The summed E-state index contributed by atoms with van der Waals surface area (Å²) in [5, 5.41) is 8.07. The highest BCUT2D eigenvalue weighted by Gasteiger charge is 2.27. The fraction of sp³-hybridized carbons (Fsp3) is 0.321. The third-order valence-corrected chi connectivity index (χ3v) is 10.7. The van der Waals surface area contributed by atoms with Crippen molar-refractivity contribution in [3.05, 3.63) is 172 Å². The standard InChI is InChI=1S/C53H63N7O7/c1-37-28-45(65-34-41-22-14-9-15-23-41)29-38(2)46(37)32-47(56-51(59(4)5)60(6)7)48(61)30-39(3)49(62)54-33-44(31-40-20-12-8-13-21-40)55-50(57-52(63)66-35-42-24-16-10-17-25-42)58-53(64)67-36-43-26-18-11-19-27-43/h8-29,39,44,47H,30-36H2,1-7H3,(H,54,62)(H2,55,57,58,63,64)/t39-,44-,47-/m0/s1. The van der Waals surface area contributed by atoms with Crippen LogP contribution in [0, 0.1) is 19.8 Å². The summed E-state index contributed by atoms with van der Waals surface area (Å²) in [5.41, 5.74) is 6.41. The number of nitrogens with one attached hydrogen (secondary N) is 3. The summed E-state index contributed by atoms with van der Waals surface area (Å²) in [4.78, 5) is 67.8. The van der Waals surface area contributed by atoms with Crippen molar-refractivity contribution in [3.63, 3.8) is 0 Å². The van der Waals surface area contributed by atoms with Gasteiger partial charge in [-0.25, -0.2) is 19.6 Å². The molecule has 5 rings (SSSR count). The number of amides is 3. The van der Waals surface area contributed by atoms with Gasteiger partial charge in [0.05, 0.1) is 6.04 Å². The summed E-state index contributed by atoms with van der Waals surface area (Å²) in [6.45, 7) is 6.10. The van der Waals surface area contributed by atoms with E-state index in [0.717, 1.165) is 44.7 Å². The van der Waals surface area contributed by atoms with Crippen molar-refractivity contribution in [2.45, 2.75) is 71.9 Å². The van der Waals surface area contributed by atoms with E-state index in [4.69, 9.17) is 24.2 Å². The number of hydrogen-bond donors (Lipinski definition) is 3. The molecule has 0 bridgehead atoms. The van der Waals surface area contributed by atoms with E-state index in [9.17, 15) is 19.2 Å². The van der Waals surface area contributed by atoms with Gasteiger partial charge in [0.25, 0.3) is 0 Å². The highest BCUT2D eigenvalue weighted by molar-refractivity contribution is 6.01. The Morgan fingerprint density at radius 1 is 0.597 bits per heavy atom. The fourth-order valence-corrected chi connectivity index (χ4v) is 7.26. The largest absolute Gasteiger partial charge is 0.489 e. The van der Waals surface area contributed by atoms with E-state index in [0.29, 0.717) is 25.4 Å². The SMILES string of the molecule is Cc1cc(OCc2ccccc2)cc(C)c1C[C@H](N=C(N(C)C)N(C)C)C(=O)C[C@H](C)C(=O)NC[C@H](Cc1ccccc1)N=C(NC(=O)OCc1ccccc1)NC(=O)OCc1ccccc1. The molecule has 0 aliphatic rings. The lowest BCUT2D eigenvalue weighted by atomic mass is 9.91. The van der Waals surface area contributed by atoms with Crippen LogP contribution in [0.2, 0.25) is 0 Å². The topological polar surface area (TPSA) is 163 Å². The zero-order chi connectivity index (χ0) is 48.1. The smallest absolute Gasteiger partial charge is 0.414 e. The van der Waals surface area contributed by atoms with E-state index in [1.54, 1.807) is 6.92 Å².